The topological polar surface area (TPSA) is 102 Å². The zero-order chi connectivity index (χ0) is 17.2. The van der Waals surface area contributed by atoms with Crippen LogP contribution in [0.4, 0.5) is 5.69 Å². The number of amides is 1. The van der Waals surface area contributed by atoms with Gasteiger partial charge >= 0.3 is 0 Å². The zero-order valence-corrected chi connectivity index (χ0v) is 14.6. The van der Waals surface area contributed by atoms with Crippen molar-refractivity contribution in [2.45, 2.75) is 12.5 Å². The smallest absolute Gasteiger partial charge is 0.293 e. The number of rotatable bonds is 3. The quantitative estimate of drug-likeness (QED) is 0.836. The van der Waals surface area contributed by atoms with Crippen molar-refractivity contribution < 1.29 is 9.53 Å². The molecule has 8 heteroatoms. The number of aromatic nitrogens is 2. The number of hydrogen-bond acceptors (Lipinski definition) is 6. The summed E-state index contributed by atoms with van der Waals surface area (Å²) in [5, 5.41) is 2.79. The molecule has 0 radical (unpaired) electrons. The van der Waals surface area contributed by atoms with Gasteiger partial charge in [0, 0.05) is 18.1 Å². The molecule has 1 unspecified atom stereocenters. The SMILES string of the molecule is CC1(c2cccc(NC(=O)c3ncc(Br)cn3)c2)COCC(N)=N1. The summed E-state index contributed by atoms with van der Waals surface area (Å²) in [4.78, 5) is 24.7. The van der Waals surface area contributed by atoms with Crippen LogP contribution in [0.1, 0.15) is 23.1 Å². The van der Waals surface area contributed by atoms with E-state index >= 15 is 0 Å². The van der Waals surface area contributed by atoms with E-state index in [9.17, 15) is 4.79 Å². The molecule has 3 N–H and O–H groups in total. The number of halogens is 1. The Kier molecular flexibility index (Phi) is 4.59. The van der Waals surface area contributed by atoms with Crippen LogP contribution in [0.2, 0.25) is 0 Å². The number of anilines is 1. The molecule has 2 heterocycles. The van der Waals surface area contributed by atoms with E-state index < -0.39 is 5.54 Å². The molecule has 0 bridgehead atoms. The predicted octanol–water partition coefficient (Wildman–Crippen LogP) is 2.09. The number of nitrogens with two attached hydrogens (primary N) is 1. The highest BCUT2D eigenvalue weighted by atomic mass is 79.9. The number of aliphatic imine (C=N–C) groups is 1. The molecule has 7 nitrogen and oxygen atoms in total. The fraction of sp³-hybridized carbons (Fsp3) is 0.250. The Morgan fingerprint density at radius 2 is 2.12 bits per heavy atom. The van der Waals surface area contributed by atoms with Crippen LogP contribution in [-0.4, -0.2) is 34.9 Å². The zero-order valence-electron chi connectivity index (χ0n) is 13.0. The van der Waals surface area contributed by atoms with Crippen molar-refractivity contribution in [3.63, 3.8) is 0 Å². The first kappa shape index (κ1) is 16.5. The Balaban J connectivity index is 1.82. The molecular weight excluding hydrogens is 374 g/mol. The van der Waals surface area contributed by atoms with Crippen LogP contribution in [0.3, 0.4) is 0 Å². The number of carbonyl (C=O) groups excluding carboxylic acids is 1. The van der Waals surface area contributed by atoms with Gasteiger partial charge in [0.05, 0.1) is 11.1 Å². The lowest BCUT2D eigenvalue weighted by Crippen LogP contribution is -2.37. The summed E-state index contributed by atoms with van der Waals surface area (Å²) < 4.78 is 6.20. The number of nitrogens with zero attached hydrogens (tertiary/aromatic N) is 3. The molecule has 0 saturated heterocycles. The largest absolute Gasteiger partial charge is 0.386 e. The van der Waals surface area contributed by atoms with Crippen molar-refractivity contribution in [2.24, 2.45) is 10.7 Å². The van der Waals surface area contributed by atoms with Gasteiger partial charge in [0.25, 0.3) is 5.91 Å². The van der Waals surface area contributed by atoms with Gasteiger partial charge in [-0.15, -0.1) is 0 Å². The lowest BCUT2D eigenvalue weighted by atomic mass is 9.92. The lowest BCUT2D eigenvalue weighted by Gasteiger charge is -2.30. The summed E-state index contributed by atoms with van der Waals surface area (Å²) in [6.45, 7) is 2.71. The molecule has 1 aromatic heterocycles. The first-order valence-corrected chi connectivity index (χ1v) is 8.07. The van der Waals surface area contributed by atoms with Crippen molar-refractivity contribution in [1.29, 1.82) is 0 Å². The summed E-state index contributed by atoms with van der Waals surface area (Å²) in [6, 6.07) is 7.42. The summed E-state index contributed by atoms with van der Waals surface area (Å²) in [7, 11) is 0. The van der Waals surface area contributed by atoms with Crippen molar-refractivity contribution in [2.75, 3.05) is 18.5 Å². The van der Waals surface area contributed by atoms with E-state index in [0.717, 1.165) is 5.56 Å². The normalized spacial score (nSPS) is 20.3. The van der Waals surface area contributed by atoms with Crippen LogP contribution in [0.25, 0.3) is 0 Å². The van der Waals surface area contributed by atoms with E-state index in [1.54, 1.807) is 6.07 Å². The average Bonchev–Trinajstić information content (AvgIpc) is 2.55. The third-order valence-corrected chi connectivity index (χ3v) is 4.00. The highest BCUT2D eigenvalue weighted by Gasteiger charge is 2.30. The second-order valence-electron chi connectivity index (χ2n) is 5.63. The maximum Gasteiger partial charge on any atom is 0.293 e. The van der Waals surface area contributed by atoms with Crippen LogP contribution in [0.5, 0.6) is 0 Å². The molecule has 1 atom stereocenters. The minimum absolute atomic E-state index is 0.0954. The number of amidine groups is 1. The highest BCUT2D eigenvalue weighted by Crippen LogP contribution is 2.29. The molecule has 0 spiro atoms. The second-order valence-corrected chi connectivity index (χ2v) is 6.55. The fourth-order valence-electron chi connectivity index (χ4n) is 2.43. The van der Waals surface area contributed by atoms with Gasteiger partial charge in [-0.05, 0) is 40.5 Å². The van der Waals surface area contributed by atoms with Crippen molar-refractivity contribution in [3.05, 3.63) is 52.5 Å². The van der Waals surface area contributed by atoms with Gasteiger partial charge in [0.1, 0.15) is 18.0 Å². The molecule has 124 valence electrons. The molecule has 0 saturated carbocycles. The number of ether oxygens (including phenoxy) is 1. The molecule has 3 rings (SSSR count). The summed E-state index contributed by atoms with van der Waals surface area (Å²) in [6.07, 6.45) is 3.05. The summed E-state index contributed by atoms with van der Waals surface area (Å²) >= 11 is 3.23. The number of hydrogen-bond donors (Lipinski definition) is 2. The molecule has 0 fully saturated rings. The van der Waals surface area contributed by atoms with Gasteiger partial charge in [-0.2, -0.15) is 0 Å². The van der Waals surface area contributed by atoms with E-state index in [-0.39, 0.29) is 11.7 Å². The Bertz CT molecular complexity index is 793. The van der Waals surface area contributed by atoms with Crippen molar-refractivity contribution >= 4 is 33.4 Å². The predicted molar refractivity (Wildman–Crippen MR) is 93.9 cm³/mol. The average molecular weight is 390 g/mol. The third-order valence-electron chi connectivity index (χ3n) is 3.59. The molecule has 2 aromatic rings. The summed E-state index contributed by atoms with van der Waals surface area (Å²) in [5.41, 5.74) is 6.75. The van der Waals surface area contributed by atoms with E-state index in [1.165, 1.54) is 12.4 Å². The maximum atomic E-state index is 12.2. The minimum Gasteiger partial charge on any atom is -0.386 e. The number of carbonyl (C=O) groups is 1. The van der Waals surface area contributed by atoms with Crippen LogP contribution < -0.4 is 11.1 Å². The van der Waals surface area contributed by atoms with Crippen LogP contribution >= 0.6 is 15.9 Å². The van der Waals surface area contributed by atoms with Gasteiger partial charge in [0.2, 0.25) is 5.82 Å². The minimum atomic E-state index is -0.572. The third kappa shape index (κ3) is 3.60. The Hall–Kier alpha value is -2.32. The molecule has 0 aliphatic carbocycles. The first-order chi connectivity index (χ1) is 11.5. The van der Waals surface area contributed by atoms with E-state index in [4.69, 9.17) is 10.5 Å². The Labute approximate surface area is 147 Å². The monoisotopic (exact) mass is 389 g/mol. The fourth-order valence-corrected chi connectivity index (χ4v) is 2.64. The van der Waals surface area contributed by atoms with Gasteiger partial charge < -0.3 is 15.8 Å². The van der Waals surface area contributed by atoms with Gasteiger partial charge in [-0.25, -0.2) is 9.97 Å². The molecule has 1 amide bonds. The maximum absolute atomic E-state index is 12.2. The van der Waals surface area contributed by atoms with E-state index in [1.807, 2.05) is 25.1 Å². The first-order valence-electron chi connectivity index (χ1n) is 7.28. The van der Waals surface area contributed by atoms with E-state index in [2.05, 4.69) is 36.2 Å². The van der Waals surface area contributed by atoms with Crippen LogP contribution in [0, 0.1) is 0 Å². The van der Waals surface area contributed by atoms with Crippen molar-refractivity contribution in [1.82, 2.24) is 9.97 Å². The van der Waals surface area contributed by atoms with Crippen LogP contribution in [0.15, 0.2) is 46.1 Å². The van der Waals surface area contributed by atoms with Gasteiger partial charge in [-0.3, -0.25) is 9.79 Å². The Morgan fingerprint density at radius 3 is 2.83 bits per heavy atom. The van der Waals surface area contributed by atoms with Crippen molar-refractivity contribution in [3.8, 4) is 0 Å². The molecular formula is C16H16BrN5O2. The van der Waals surface area contributed by atoms with Crippen LogP contribution in [-0.2, 0) is 10.3 Å². The Morgan fingerprint density at radius 1 is 1.38 bits per heavy atom. The number of nitrogens with one attached hydrogen (secondary N) is 1. The molecule has 24 heavy (non-hydrogen) atoms. The molecule has 1 aliphatic heterocycles. The lowest BCUT2D eigenvalue weighted by molar-refractivity contribution is 0.101. The highest BCUT2D eigenvalue weighted by molar-refractivity contribution is 9.10. The summed E-state index contributed by atoms with van der Waals surface area (Å²) in [5.74, 6) is 0.173. The molecule has 1 aliphatic rings. The number of benzene rings is 1. The van der Waals surface area contributed by atoms with Gasteiger partial charge in [-0.1, -0.05) is 12.1 Å². The standard InChI is InChI=1S/C16H16BrN5O2/c1-16(9-24-8-13(18)22-16)10-3-2-4-12(5-10)21-15(23)14-19-6-11(17)7-20-14/h2-7H,8-9H2,1H3,(H2,18,22)(H,21,23). The second kappa shape index (κ2) is 6.66. The van der Waals surface area contributed by atoms with E-state index in [0.29, 0.717) is 29.2 Å². The van der Waals surface area contributed by atoms with Gasteiger partial charge in [0.15, 0.2) is 0 Å². The molecule has 1 aromatic carbocycles.